The summed E-state index contributed by atoms with van der Waals surface area (Å²) in [6, 6.07) is 11.0. The van der Waals surface area contributed by atoms with E-state index in [0.29, 0.717) is 37.0 Å². The largest absolute Gasteiger partial charge is 0.492 e. The van der Waals surface area contributed by atoms with Gasteiger partial charge in [0.15, 0.2) is 0 Å². The average molecular weight is 356 g/mol. The zero-order valence-corrected chi connectivity index (χ0v) is 15.1. The number of ether oxygens (including phenoxy) is 2. The molecule has 2 amide bonds. The summed E-state index contributed by atoms with van der Waals surface area (Å²) in [7, 11) is 0. The molecule has 0 bridgehead atoms. The van der Waals surface area contributed by atoms with Crippen molar-refractivity contribution in [3.8, 4) is 11.6 Å². The molecule has 0 atom stereocenters. The van der Waals surface area contributed by atoms with Gasteiger partial charge in [-0.1, -0.05) is 12.1 Å². The van der Waals surface area contributed by atoms with Crippen molar-refractivity contribution < 1.29 is 14.3 Å². The van der Waals surface area contributed by atoms with Crippen LogP contribution in [0.25, 0.3) is 0 Å². The lowest BCUT2D eigenvalue weighted by molar-refractivity contribution is 0.110. The summed E-state index contributed by atoms with van der Waals surface area (Å²) in [5, 5.41) is 11.0. The van der Waals surface area contributed by atoms with E-state index in [4.69, 9.17) is 9.47 Å². The number of hydrogen-bond donors (Lipinski definition) is 1. The van der Waals surface area contributed by atoms with Crippen LogP contribution >= 0.6 is 0 Å². The Balaban J connectivity index is 1.51. The second-order valence-electron chi connectivity index (χ2n) is 6.18. The van der Waals surface area contributed by atoms with Crippen LogP contribution in [0.2, 0.25) is 0 Å². The number of carbonyl (C=O) groups is 1. The first-order valence-electron chi connectivity index (χ1n) is 8.90. The molecular formula is C19H24N4O3. The molecule has 2 heterocycles. The minimum absolute atomic E-state index is 0.0479. The number of rotatable bonds is 5. The molecule has 0 aliphatic carbocycles. The van der Waals surface area contributed by atoms with Crippen LogP contribution in [0.15, 0.2) is 36.4 Å². The number of nitrogens with zero attached hydrogens (tertiary/aromatic N) is 3. The van der Waals surface area contributed by atoms with Crippen molar-refractivity contribution in [2.75, 3.05) is 25.0 Å². The van der Waals surface area contributed by atoms with Crippen molar-refractivity contribution in [3.63, 3.8) is 0 Å². The molecular weight excluding hydrogens is 332 g/mol. The van der Waals surface area contributed by atoms with Crippen molar-refractivity contribution in [1.29, 1.82) is 0 Å². The quantitative estimate of drug-likeness (QED) is 0.890. The van der Waals surface area contributed by atoms with Crippen LogP contribution in [-0.2, 0) is 0 Å². The van der Waals surface area contributed by atoms with Gasteiger partial charge in [-0.15, -0.1) is 5.10 Å². The van der Waals surface area contributed by atoms with Gasteiger partial charge in [0.1, 0.15) is 11.9 Å². The number of benzene rings is 1. The molecule has 1 saturated heterocycles. The third-order valence-corrected chi connectivity index (χ3v) is 4.22. The highest BCUT2D eigenvalue weighted by Crippen LogP contribution is 2.25. The molecule has 0 spiro atoms. The highest BCUT2D eigenvalue weighted by molar-refractivity contribution is 5.91. The third-order valence-electron chi connectivity index (χ3n) is 4.22. The number of para-hydroxylation sites is 2. The van der Waals surface area contributed by atoms with Gasteiger partial charge in [0.2, 0.25) is 5.88 Å². The molecule has 1 aromatic heterocycles. The molecule has 1 aromatic carbocycles. The Kier molecular flexibility index (Phi) is 5.88. The van der Waals surface area contributed by atoms with E-state index in [9.17, 15) is 4.79 Å². The molecule has 1 aliphatic heterocycles. The maximum Gasteiger partial charge on any atom is 0.321 e. The van der Waals surface area contributed by atoms with Crippen LogP contribution in [0, 0.1) is 6.92 Å². The first-order valence-corrected chi connectivity index (χ1v) is 8.90. The van der Waals surface area contributed by atoms with Crippen LogP contribution < -0.4 is 14.8 Å². The Hall–Kier alpha value is -2.83. The van der Waals surface area contributed by atoms with E-state index in [1.165, 1.54) is 0 Å². The normalized spacial score (nSPS) is 14.8. The number of aryl methyl sites for hydroxylation is 1. The van der Waals surface area contributed by atoms with E-state index in [-0.39, 0.29) is 12.1 Å². The standard InChI is InChI=1S/C19H24N4O3/c1-3-25-17-7-5-4-6-16(17)20-19(24)23-12-10-15(11-13-23)26-18-9-8-14(2)21-22-18/h4-9,15H,3,10-13H2,1-2H3,(H,20,24). The number of nitrogens with one attached hydrogen (secondary N) is 1. The average Bonchev–Trinajstić information content (AvgIpc) is 2.66. The minimum atomic E-state index is -0.120. The SMILES string of the molecule is CCOc1ccccc1NC(=O)N1CCC(Oc2ccc(C)nn2)CC1. The van der Waals surface area contributed by atoms with Crippen LogP contribution in [0.1, 0.15) is 25.5 Å². The molecule has 138 valence electrons. The molecule has 3 rings (SSSR count). The van der Waals surface area contributed by atoms with Crippen molar-refractivity contribution in [1.82, 2.24) is 15.1 Å². The lowest BCUT2D eigenvalue weighted by atomic mass is 10.1. The van der Waals surface area contributed by atoms with Gasteiger partial charge >= 0.3 is 6.03 Å². The third kappa shape index (κ3) is 4.62. The molecule has 26 heavy (non-hydrogen) atoms. The number of likely N-dealkylation sites (tertiary alicyclic amines) is 1. The number of urea groups is 1. The lowest BCUT2D eigenvalue weighted by Gasteiger charge is -2.32. The van der Waals surface area contributed by atoms with E-state index in [1.807, 2.05) is 50.2 Å². The smallest absolute Gasteiger partial charge is 0.321 e. The summed E-state index contributed by atoms with van der Waals surface area (Å²) >= 11 is 0. The second-order valence-corrected chi connectivity index (χ2v) is 6.18. The molecule has 2 aromatic rings. The fourth-order valence-corrected chi connectivity index (χ4v) is 2.84. The van der Waals surface area contributed by atoms with Crippen molar-refractivity contribution in [3.05, 3.63) is 42.1 Å². The maximum atomic E-state index is 12.5. The summed E-state index contributed by atoms with van der Waals surface area (Å²) in [4.78, 5) is 14.3. The highest BCUT2D eigenvalue weighted by atomic mass is 16.5. The van der Waals surface area contributed by atoms with Crippen LogP contribution in [0.5, 0.6) is 11.6 Å². The Morgan fingerprint density at radius 2 is 1.96 bits per heavy atom. The van der Waals surface area contributed by atoms with E-state index in [0.717, 1.165) is 18.5 Å². The Bertz CT molecular complexity index is 728. The molecule has 1 N–H and O–H groups in total. The minimum Gasteiger partial charge on any atom is -0.492 e. The summed E-state index contributed by atoms with van der Waals surface area (Å²) in [5.74, 6) is 1.21. The van der Waals surface area contributed by atoms with Gasteiger partial charge in [-0.3, -0.25) is 0 Å². The summed E-state index contributed by atoms with van der Waals surface area (Å²) in [6.07, 6.45) is 1.57. The number of anilines is 1. The van der Waals surface area contributed by atoms with E-state index >= 15 is 0 Å². The Labute approximate surface area is 153 Å². The van der Waals surface area contributed by atoms with E-state index in [1.54, 1.807) is 4.90 Å². The summed E-state index contributed by atoms with van der Waals surface area (Å²) < 4.78 is 11.4. The molecule has 0 radical (unpaired) electrons. The van der Waals surface area contributed by atoms with Gasteiger partial charge in [-0.2, -0.15) is 5.10 Å². The predicted octanol–water partition coefficient (Wildman–Crippen LogP) is 3.26. The fraction of sp³-hybridized carbons (Fsp3) is 0.421. The molecule has 7 nitrogen and oxygen atoms in total. The first-order chi connectivity index (χ1) is 12.7. The maximum absolute atomic E-state index is 12.5. The van der Waals surface area contributed by atoms with Crippen molar-refractivity contribution >= 4 is 11.7 Å². The van der Waals surface area contributed by atoms with Gasteiger partial charge in [0.25, 0.3) is 0 Å². The zero-order chi connectivity index (χ0) is 18.4. The second kappa shape index (κ2) is 8.51. The Morgan fingerprint density at radius 1 is 1.19 bits per heavy atom. The monoisotopic (exact) mass is 356 g/mol. The summed E-state index contributed by atoms with van der Waals surface area (Å²) in [5.41, 5.74) is 1.55. The Morgan fingerprint density at radius 3 is 2.65 bits per heavy atom. The molecule has 1 fully saturated rings. The van der Waals surface area contributed by atoms with Gasteiger partial charge in [-0.25, -0.2) is 4.79 Å². The molecule has 0 saturated carbocycles. The number of aromatic nitrogens is 2. The summed E-state index contributed by atoms with van der Waals surface area (Å²) in [6.45, 7) is 5.62. The predicted molar refractivity (Wildman–Crippen MR) is 98.6 cm³/mol. The highest BCUT2D eigenvalue weighted by Gasteiger charge is 2.24. The topological polar surface area (TPSA) is 76.6 Å². The van der Waals surface area contributed by atoms with Crippen LogP contribution in [0.4, 0.5) is 10.5 Å². The van der Waals surface area contributed by atoms with Gasteiger partial charge in [0.05, 0.1) is 18.0 Å². The number of piperidine rings is 1. The zero-order valence-electron chi connectivity index (χ0n) is 15.1. The molecule has 0 unspecified atom stereocenters. The van der Waals surface area contributed by atoms with Gasteiger partial charge in [0, 0.05) is 32.0 Å². The van der Waals surface area contributed by atoms with Crippen molar-refractivity contribution in [2.45, 2.75) is 32.8 Å². The molecule has 1 aliphatic rings. The van der Waals surface area contributed by atoms with E-state index in [2.05, 4.69) is 15.5 Å². The van der Waals surface area contributed by atoms with Gasteiger partial charge < -0.3 is 19.7 Å². The van der Waals surface area contributed by atoms with Crippen LogP contribution in [0.3, 0.4) is 0 Å². The van der Waals surface area contributed by atoms with Gasteiger partial charge in [-0.05, 0) is 32.0 Å². The number of carbonyl (C=O) groups excluding carboxylic acids is 1. The molecule has 7 heteroatoms. The van der Waals surface area contributed by atoms with Crippen LogP contribution in [-0.4, -0.2) is 46.9 Å². The fourth-order valence-electron chi connectivity index (χ4n) is 2.84. The van der Waals surface area contributed by atoms with E-state index < -0.39 is 0 Å². The van der Waals surface area contributed by atoms with Crippen molar-refractivity contribution in [2.24, 2.45) is 0 Å². The lowest BCUT2D eigenvalue weighted by Crippen LogP contribution is -2.43. The first kappa shape index (κ1) is 18.0. The number of amides is 2. The number of hydrogen-bond acceptors (Lipinski definition) is 5.